The third-order valence-electron chi connectivity index (χ3n) is 6.34. The smallest absolute Gasteiger partial charge is 0.303 e. The van der Waals surface area contributed by atoms with Crippen LogP contribution in [0.5, 0.6) is 0 Å². The Kier molecular flexibility index (Phi) is 8.52. The van der Waals surface area contributed by atoms with E-state index in [2.05, 4.69) is 37.5 Å². The summed E-state index contributed by atoms with van der Waals surface area (Å²) in [6.45, 7) is 6.99. The average Bonchev–Trinajstić information content (AvgIpc) is 3.12. The second kappa shape index (κ2) is 10.6. The molecule has 0 radical (unpaired) electrons. The maximum atomic E-state index is 12.5. The Hall–Kier alpha value is -1.85. The lowest BCUT2D eigenvalue weighted by molar-refractivity contribution is -0.138. The Balaban J connectivity index is 1.91. The molecule has 2 aliphatic rings. The summed E-state index contributed by atoms with van der Waals surface area (Å²) in [5.74, 6) is 0.318. The Labute approximate surface area is 168 Å². The highest BCUT2D eigenvalue weighted by Crippen LogP contribution is 2.38. The molecule has 6 nitrogen and oxygen atoms in total. The van der Waals surface area contributed by atoms with E-state index in [1.807, 2.05) is 0 Å². The molecule has 3 N–H and O–H groups in total. The molecule has 0 saturated heterocycles. The number of carbonyl (C=O) groups is 3. The van der Waals surface area contributed by atoms with Gasteiger partial charge in [-0.3, -0.25) is 14.4 Å². The van der Waals surface area contributed by atoms with E-state index in [1.165, 1.54) is 18.4 Å². The Morgan fingerprint density at radius 1 is 1.14 bits per heavy atom. The average molecular weight is 393 g/mol. The summed E-state index contributed by atoms with van der Waals surface area (Å²) < 4.78 is 0. The summed E-state index contributed by atoms with van der Waals surface area (Å²) >= 11 is 0. The van der Waals surface area contributed by atoms with E-state index in [0.29, 0.717) is 30.8 Å². The molecule has 0 bridgehead atoms. The molecule has 0 aliphatic heterocycles. The van der Waals surface area contributed by atoms with Crippen molar-refractivity contribution in [3.63, 3.8) is 0 Å². The number of carboxylic acid groups (broad SMARTS) is 1. The van der Waals surface area contributed by atoms with Gasteiger partial charge in [0.2, 0.25) is 11.8 Å². The third kappa shape index (κ3) is 6.95. The third-order valence-corrected chi connectivity index (χ3v) is 6.34. The van der Waals surface area contributed by atoms with Crippen molar-refractivity contribution in [2.24, 2.45) is 23.7 Å². The van der Waals surface area contributed by atoms with Crippen molar-refractivity contribution in [1.82, 2.24) is 10.6 Å². The highest BCUT2D eigenvalue weighted by molar-refractivity contribution is 5.80. The maximum Gasteiger partial charge on any atom is 0.303 e. The predicted molar refractivity (Wildman–Crippen MR) is 109 cm³/mol. The first-order valence-corrected chi connectivity index (χ1v) is 10.7. The minimum atomic E-state index is -0.956. The topological polar surface area (TPSA) is 95.5 Å². The predicted octanol–water partition coefficient (Wildman–Crippen LogP) is 3.27. The molecule has 6 heteroatoms. The van der Waals surface area contributed by atoms with Gasteiger partial charge in [0.05, 0.1) is 6.42 Å². The molecule has 28 heavy (non-hydrogen) atoms. The van der Waals surface area contributed by atoms with Gasteiger partial charge < -0.3 is 15.7 Å². The zero-order chi connectivity index (χ0) is 20.7. The number of carbonyl (C=O) groups excluding carboxylic acids is 2. The molecule has 0 spiro atoms. The van der Waals surface area contributed by atoms with Crippen molar-refractivity contribution in [3.05, 3.63) is 11.6 Å². The second-order valence-corrected chi connectivity index (χ2v) is 8.87. The second-order valence-electron chi connectivity index (χ2n) is 8.87. The van der Waals surface area contributed by atoms with Gasteiger partial charge in [0.15, 0.2) is 0 Å². The Bertz CT molecular complexity index is 593. The first-order chi connectivity index (χ1) is 13.3. The number of nitrogens with one attached hydrogen (secondary N) is 2. The van der Waals surface area contributed by atoms with Crippen LogP contribution in [0.2, 0.25) is 0 Å². The molecule has 1 fully saturated rings. The van der Waals surface area contributed by atoms with Crippen LogP contribution in [0.3, 0.4) is 0 Å². The minimum Gasteiger partial charge on any atom is -0.481 e. The Morgan fingerprint density at radius 2 is 1.82 bits per heavy atom. The Morgan fingerprint density at radius 3 is 2.43 bits per heavy atom. The molecule has 2 rings (SSSR count). The molecule has 0 heterocycles. The van der Waals surface area contributed by atoms with E-state index in [-0.39, 0.29) is 36.5 Å². The number of aliphatic carboxylic acids is 1. The number of hydrogen-bond acceptors (Lipinski definition) is 3. The fourth-order valence-electron chi connectivity index (χ4n) is 4.63. The van der Waals surface area contributed by atoms with E-state index < -0.39 is 5.97 Å². The molecule has 0 aromatic carbocycles. The van der Waals surface area contributed by atoms with Crippen LogP contribution in [0.15, 0.2) is 11.6 Å². The number of amides is 2. The van der Waals surface area contributed by atoms with Crippen LogP contribution in [0.4, 0.5) is 0 Å². The lowest BCUT2D eigenvalue weighted by Gasteiger charge is -2.37. The van der Waals surface area contributed by atoms with E-state index in [9.17, 15) is 14.4 Å². The molecule has 2 amide bonds. The van der Waals surface area contributed by atoms with Crippen molar-refractivity contribution < 1.29 is 19.5 Å². The normalized spacial score (nSPS) is 25.4. The van der Waals surface area contributed by atoms with Gasteiger partial charge in [-0.25, -0.2) is 0 Å². The van der Waals surface area contributed by atoms with Crippen LogP contribution in [0.25, 0.3) is 0 Å². The largest absolute Gasteiger partial charge is 0.481 e. The van der Waals surface area contributed by atoms with E-state index in [0.717, 1.165) is 19.3 Å². The number of carboxylic acids is 1. The van der Waals surface area contributed by atoms with Gasteiger partial charge in [-0.05, 0) is 49.9 Å². The summed E-state index contributed by atoms with van der Waals surface area (Å²) in [6.07, 6.45) is 8.21. The summed E-state index contributed by atoms with van der Waals surface area (Å²) in [6, 6.07) is 0.357. The van der Waals surface area contributed by atoms with Gasteiger partial charge in [-0.2, -0.15) is 0 Å². The zero-order valence-corrected chi connectivity index (χ0v) is 17.5. The van der Waals surface area contributed by atoms with Crippen molar-refractivity contribution in [2.75, 3.05) is 6.54 Å². The van der Waals surface area contributed by atoms with E-state index in [4.69, 9.17) is 5.11 Å². The van der Waals surface area contributed by atoms with Crippen LogP contribution in [-0.2, 0) is 14.4 Å². The molecular weight excluding hydrogens is 356 g/mol. The monoisotopic (exact) mass is 392 g/mol. The van der Waals surface area contributed by atoms with Crippen LogP contribution in [0, 0.1) is 23.7 Å². The quantitative estimate of drug-likeness (QED) is 0.525. The molecule has 158 valence electrons. The zero-order valence-electron chi connectivity index (χ0n) is 17.5. The van der Waals surface area contributed by atoms with Crippen LogP contribution >= 0.6 is 0 Å². The number of rotatable bonds is 9. The fraction of sp³-hybridized carbons (Fsp3) is 0.773. The highest BCUT2D eigenvalue weighted by atomic mass is 16.4. The standard InChI is InChI=1S/C22H36N2O4/c1-14(2)19-11-16(12-21(26)24-18-6-4-5-7-18)15(3)10-17(19)13-23-20(25)8-9-22(27)28/h10,14,16-19H,4-9,11-13H2,1-3H3,(H,23,25)(H,24,26)(H,27,28)/t16-,17-,19-/m0/s1. The maximum absolute atomic E-state index is 12.5. The van der Waals surface area contributed by atoms with Crippen molar-refractivity contribution in [3.8, 4) is 0 Å². The molecule has 0 aromatic rings. The van der Waals surface area contributed by atoms with Crippen molar-refractivity contribution >= 4 is 17.8 Å². The van der Waals surface area contributed by atoms with Gasteiger partial charge in [0.25, 0.3) is 0 Å². The minimum absolute atomic E-state index is 0.0149. The SMILES string of the molecule is CC1=C[C@@H](CNC(=O)CCC(=O)O)[C@H](C(C)C)C[C@H]1CC(=O)NC1CCCC1. The molecule has 2 aliphatic carbocycles. The van der Waals surface area contributed by atoms with Crippen LogP contribution in [0.1, 0.15) is 72.1 Å². The van der Waals surface area contributed by atoms with Gasteiger partial charge in [-0.1, -0.05) is 38.3 Å². The fourth-order valence-corrected chi connectivity index (χ4v) is 4.63. The van der Waals surface area contributed by atoms with Crippen molar-refractivity contribution in [2.45, 2.75) is 78.2 Å². The van der Waals surface area contributed by atoms with Crippen molar-refractivity contribution in [1.29, 1.82) is 0 Å². The first-order valence-electron chi connectivity index (χ1n) is 10.7. The highest BCUT2D eigenvalue weighted by Gasteiger charge is 2.33. The lowest BCUT2D eigenvalue weighted by atomic mass is 9.69. The summed E-state index contributed by atoms with van der Waals surface area (Å²) in [5, 5.41) is 14.8. The summed E-state index contributed by atoms with van der Waals surface area (Å²) in [7, 11) is 0. The van der Waals surface area contributed by atoms with E-state index in [1.54, 1.807) is 0 Å². The van der Waals surface area contributed by atoms with E-state index >= 15 is 0 Å². The molecule has 0 aromatic heterocycles. The number of hydrogen-bond donors (Lipinski definition) is 3. The molecule has 1 saturated carbocycles. The summed E-state index contributed by atoms with van der Waals surface area (Å²) in [4.78, 5) is 34.9. The molecule has 3 atom stereocenters. The van der Waals surface area contributed by atoms with Gasteiger partial charge in [0, 0.05) is 25.4 Å². The van der Waals surface area contributed by atoms with Crippen LogP contribution < -0.4 is 10.6 Å². The van der Waals surface area contributed by atoms with Gasteiger partial charge >= 0.3 is 5.97 Å². The first kappa shape index (κ1) is 22.4. The van der Waals surface area contributed by atoms with Gasteiger partial charge in [0.1, 0.15) is 0 Å². The lowest BCUT2D eigenvalue weighted by Crippen LogP contribution is -2.38. The number of allylic oxidation sites excluding steroid dienone is 1. The molecular formula is C22H36N2O4. The summed E-state index contributed by atoms with van der Waals surface area (Å²) in [5.41, 5.74) is 1.23. The van der Waals surface area contributed by atoms with Gasteiger partial charge in [-0.15, -0.1) is 0 Å². The van der Waals surface area contributed by atoms with Crippen LogP contribution in [-0.4, -0.2) is 35.5 Å². The molecule has 0 unspecified atom stereocenters.